The van der Waals surface area contributed by atoms with Crippen molar-refractivity contribution in [2.24, 2.45) is 5.73 Å². The highest BCUT2D eigenvalue weighted by Gasteiger charge is 2.43. The van der Waals surface area contributed by atoms with Crippen LogP contribution in [0.25, 0.3) is 0 Å². The van der Waals surface area contributed by atoms with Gasteiger partial charge in [-0.15, -0.1) is 11.3 Å². The largest absolute Gasteiger partial charge is 0.329 e. The zero-order valence-electron chi connectivity index (χ0n) is 11.0. The van der Waals surface area contributed by atoms with E-state index >= 15 is 0 Å². The van der Waals surface area contributed by atoms with E-state index in [0.717, 1.165) is 32.4 Å². The molecule has 0 aliphatic carbocycles. The van der Waals surface area contributed by atoms with Crippen LogP contribution in [-0.2, 0) is 22.8 Å². The number of nitrogens with zero attached hydrogens (tertiary/aromatic N) is 1. The van der Waals surface area contributed by atoms with Gasteiger partial charge in [0.05, 0.1) is 11.5 Å². The zero-order valence-corrected chi connectivity index (χ0v) is 12.6. The second-order valence-electron chi connectivity index (χ2n) is 5.66. The number of hydrogen-bond donors (Lipinski definition) is 1. The molecule has 1 saturated heterocycles. The van der Waals surface area contributed by atoms with Gasteiger partial charge >= 0.3 is 0 Å². The summed E-state index contributed by atoms with van der Waals surface area (Å²) in [5.41, 5.74) is 7.00. The van der Waals surface area contributed by atoms with Crippen molar-refractivity contribution >= 4 is 21.2 Å². The Morgan fingerprint density at radius 3 is 3.05 bits per heavy atom. The van der Waals surface area contributed by atoms with Crippen molar-refractivity contribution in [3.05, 3.63) is 21.9 Å². The van der Waals surface area contributed by atoms with Gasteiger partial charge < -0.3 is 5.73 Å². The number of nitrogens with two attached hydrogens (primary N) is 1. The molecule has 0 amide bonds. The first-order valence-electron chi connectivity index (χ1n) is 6.75. The molecule has 0 aromatic carbocycles. The van der Waals surface area contributed by atoms with Crippen LogP contribution in [0.5, 0.6) is 0 Å². The first-order chi connectivity index (χ1) is 9.05. The molecule has 2 aliphatic heterocycles. The fourth-order valence-corrected chi connectivity index (χ4v) is 6.25. The predicted octanol–water partition coefficient (Wildman–Crippen LogP) is 1.01. The molecule has 0 saturated carbocycles. The lowest BCUT2D eigenvalue weighted by Gasteiger charge is -2.47. The molecular weight excluding hydrogens is 280 g/mol. The minimum absolute atomic E-state index is 0.232. The molecule has 1 unspecified atom stereocenters. The summed E-state index contributed by atoms with van der Waals surface area (Å²) in [7, 11) is -2.93. The molecule has 1 atom stereocenters. The van der Waals surface area contributed by atoms with E-state index in [1.807, 2.05) is 0 Å². The van der Waals surface area contributed by atoms with Crippen LogP contribution in [0.4, 0.5) is 0 Å². The van der Waals surface area contributed by atoms with Crippen molar-refractivity contribution in [1.82, 2.24) is 4.90 Å². The summed E-state index contributed by atoms with van der Waals surface area (Å²) in [6, 6.07) is 2.16. The van der Waals surface area contributed by atoms with Gasteiger partial charge in [-0.25, -0.2) is 8.42 Å². The monoisotopic (exact) mass is 300 g/mol. The van der Waals surface area contributed by atoms with E-state index in [-0.39, 0.29) is 11.3 Å². The smallest absolute Gasteiger partial charge is 0.152 e. The highest BCUT2D eigenvalue weighted by atomic mass is 32.2. The Labute approximate surface area is 118 Å². The maximum Gasteiger partial charge on any atom is 0.152 e. The minimum atomic E-state index is -2.93. The lowest BCUT2D eigenvalue weighted by molar-refractivity contribution is 0.0861. The van der Waals surface area contributed by atoms with Crippen LogP contribution in [0, 0.1) is 0 Å². The fraction of sp³-hybridized carbons (Fsp3) is 0.692. The molecule has 0 radical (unpaired) electrons. The van der Waals surface area contributed by atoms with Crippen molar-refractivity contribution in [2.75, 3.05) is 24.6 Å². The summed E-state index contributed by atoms with van der Waals surface area (Å²) in [5, 5.41) is 2.13. The lowest BCUT2D eigenvalue weighted by Crippen LogP contribution is -2.60. The van der Waals surface area contributed by atoms with Gasteiger partial charge in [-0.3, -0.25) is 4.90 Å². The highest BCUT2D eigenvalue weighted by Crippen LogP contribution is 2.34. The van der Waals surface area contributed by atoms with E-state index in [2.05, 4.69) is 16.3 Å². The Morgan fingerprint density at radius 2 is 2.32 bits per heavy atom. The molecule has 2 aliphatic rings. The molecule has 106 valence electrons. The van der Waals surface area contributed by atoms with Crippen molar-refractivity contribution < 1.29 is 8.42 Å². The molecule has 6 heteroatoms. The normalized spacial score (nSPS) is 31.0. The summed E-state index contributed by atoms with van der Waals surface area (Å²) in [6.45, 7) is 2.22. The maximum absolute atomic E-state index is 12.0. The highest BCUT2D eigenvalue weighted by molar-refractivity contribution is 7.91. The summed E-state index contributed by atoms with van der Waals surface area (Å²) in [4.78, 5) is 3.76. The lowest BCUT2D eigenvalue weighted by atomic mass is 9.90. The Bertz CT molecular complexity index is 567. The van der Waals surface area contributed by atoms with Crippen molar-refractivity contribution in [2.45, 2.75) is 31.3 Å². The van der Waals surface area contributed by atoms with Gasteiger partial charge in [0.15, 0.2) is 9.84 Å². The summed E-state index contributed by atoms with van der Waals surface area (Å²) in [5.74, 6) is 0.558. The number of fused-ring (bicyclic) bond motifs is 1. The Balaban J connectivity index is 1.87. The average molecular weight is 300 g/mol. The Morgan fingerprint density at radius 1 is 1.47 bits per heavy atom. The third-order valence-electron chi connectivity index (χ3n) is 4.44. The minimum Gasteiger partial charge on any atom is -0.329 e. The van der Waals surface area contributed by atoms with Gasteiger partial charge in [0.25, 0.3) is 0 Å². The molecule has 0 bridgehead atoms. The van der Waals surface area contributed by atoms with E-state index in [9.17, 15) is 8.42 Å². The second kappa shape index (κ2) is 4.84. The maximum atomic E-state index is 12.0. The molecule has 1 aromatic heterocycles. The van der Waals surface area contributed by atoms with E-state index in [1.165, 1.54) is 10.4 Å². The summed E-state index contributed by atoms with van der Waals surface area (Å²) >= 11 is 1.80. The van der Waals surface area contributed by atoms with Crippen LogP contribution in [0.15, 0.2) is 11.4 Å². The first kappa shape index (κ1) is 13.5. The van der Waals surface area contributed by atoms with Crippen LogP contribution in [0.1, 0.15) is 23.3 Å². The molecule has 19 heavy (non-hydrogen) atoms. The van der Waals surface area contributed by atoms with Gasteiger partial charge in [0, 0.05) is 30.1 Å². The predicted molar refractivity (Wildman–Crippen MR) is 78.1 cm³/mol. The van der Waals surface area contributed by atoms with E-state index in [0.29, 0.717) is 12.3 Å². The Hall–Kier alpha value is -0.430. The average Bonchev–Trinajstić information content (AvgIpc) is 2.84. The standard InChI is InChI=1S/C13H20N2O2S2/c14-9-13(4-1-7-19(16,17)10-13)15-5-2-12-11(8-15)3-6-18-12/h3,6H,1-2,4-5,7-10,14H2. The number of sulfone groups is 1. The number of thiophene rings is 1. The quantitative estimate of drug-likeness (QED) is 0.885. The van der Waals surface area contributed by atoms with E-state index < -0.39 is 9.84 Å². The van der Waals surface area contributed by atoms with Crippen molar-refractivity contribution in [3.63, 3.8) is 0 Å². The number of hydrogen-bond acceptors (Lipinski definition) is 5. The molecule has 2 N–H and O–H groups in total. The summed E-state index contributed by atoms with van der Waals surface area (Å²) in [6.07, 6.45) is 2.67. The topological polar surface area (TPSA) is 63.4 Å². The number of rotatable bonds is 2. The van der Waals surface area contributed by atoms with Crippen LogP contribution in [-0.4, -0.2) is 43.5 Å². The summed E-state index contributed by atoms with van der Waals surface area (Å²) < 4.78 is 24.0. The molecular formula is C13H20N2O2S2. The van der Waals surface area contributed by atoms with Crippen LogP contribution in [0.2, 0.25) is 0 Å². The van der Waals surface area contributed by atoms with Crippen LogP contribution < -0.4 is 5.73 Å². The first-order valence-corrected chi connectivity index (χ1v) is 9.46. The Kier molecular flexibility index (Phi) is 3.45. The third-order valence-corrected chi connectivity index (χ3v) is 7.36. The molecule has 1 aromatic rings. The van der Waals surface area contributed by atoms with Crippen molar-refractivity contribution in [3.8, 4) is 0 Å². The van der Waals surface area contributed by atoms with Gasteiger partial charge in [-0.05, 0) is 36.3 Å². The van der Waals surface area contributed by atoms with Gasteiger partial charge in [-0.2, -0.15) is 0 Å². The van der Waals surface area contributed by atoms with Crippen LogP contribution in [0.3, 0.4) is 0 Å². The molecule has 1 fully saturated rings. The van der Waals surface area contributed by atoms with Gasteiger partial charge in [-0.1, -0.05) is 0 Å². The SMILES string of the molecule is NCC1(N2CCc3sccc3C2)CCCS(=O)(=O)C1. The zero-order chi connectivity index (χ0) is 13.5. The van der Waals surface area contributed by atoms with Crippen molar-refractivity contribution in [1.29, 1.82) is 0 Å². The fourth-order valence-electron chi connectivity index (χ4n) is 3.37. The molecule has 3 heterocycles. The van der Waals surface area contributed by atoms with Gasteiger partial charge in [0.1, 0.15) is 0 Å². The van der Waals surface area contributed by atoms with Crippen LogP contribution >= 0.6 is 11.3 Å². The second-order valence-corrected chi connectivity index (χ2v) is 8.85. The molecule has 0 spiro atoms. The third kappa shape index (κ3) is 2.46. The van der Waals surface area contributed by atoms with E-state index in [4.69, 9.17) is 5.73 Å². The van der Waals surface area contributed by atoms with Gasteiger partial charge in [0.2, 0.25) is 0 Å². The molecule has 4 nitrogen and oxygen atoms in total. The van der Waals surface area contributed by atoms with E-state index in [1.54, 1.807) is 11.3 Å². The molecule has 3 rings (SSSR count).